The van der Waals surface area contributed by atoms with Gasteiger partial charge in [0.1, 0.15) is 6.10 Å². The van der Waals surface area contributed by atoms with Crippen LogP contribution in [0.1, 0.15) is 110 Å². The summed E-state index contributed by atoms with van der Waals surface area (Å²) in [5, 5.41) is 21.2. The molecule has 0 aromatic rings. The zero-order valence-electron chi connectivity index (χ0n) is 18.2. The maximum Gasteiger partial charge on any atom is 0.162 e. The van der Waals surface area contributed by atoms with Gasteiger partial charge in [-0.3, -0.25) is 4.79 Å². The SMILES string of the molecule is CC(C)CCCCCCCCCCCCCCCC(=O)C(O)CNCCO. The highest BCUT2D eigenvalue weighted by atomic mass is 16.3. The molecule has 0 spiro atoms. The first kappa shape index (κ1) is 26.6. The molecule has 0 saturated carbocycles. The molecule has 0 aromatic carbocycles. The van der Waals surface area contributed by atoms with E-state index in [1.807, 2.05) is 0 Å². The Labute approximate surface area is 168 Å². The molecule has 0 radical (unpaired) electrons. The van der Waals surface area contributed by atoms with Gasteiger partial charge in [0, 0.05) is 19.5 Å². The Hall–Kier alpha value is -0.450. The average Bonchev–Trinajstić information content (AvgIpc) is 2.64. The number of nitrogens with one attached hydrogen (secondary N) is 1. The van der Waals surface area contributed by atoms with Gasteiger partial charge in [-0.05, 0) is 12.3 Å². The summed E-state index contributed by atoms with van der Waals surface area (Å²) in [5.41, 5.74) is 0. The maximum atomic E-state index is 11.7. The molecule has 4 heteroatoms. The topological polar surface area (TPSA) is 69.6 Å². The predicted octanol–water partition coefficient (Wildman–Crippen LogP) is 5.01. The standard InChI is InChI=1S/C23H47NO3/c1-21(2)16-14-12-10-8-6-4-3-5-7-9-11-13-15-17-22(26)23(27)20-24-18-19-25/h21,23-25,27H,3-20H2,1-2H3. The summed E-state index contributed by atoms with van der Waals surface area (Å²) in [7, 11) is 0. The van der Waals surface area contributed by atoms with Crippen LogP contribution in [0.2, 0.25) is 0 Å². The van der Waals surface area contributed by atoms with Crippen LogP contribution >= 0.6 is 0 Å². The zero-order chi connectivity index (χ0) is 20.2. The van der Waals surface area contributed by atoms with Gasteiger partial charge in [0.05, 0.1) is 6.61 Å². The van der Waals surface area contributed by atoms with Gasteiger partial charge in [0.25, 0.3) is 0 Å². The van der Waals surface area contributed by atoms with Crippen molar-refractivity contribution in [2.24, 2.45) is 5.92 Å². The highest BCUT2D eigenvalue weighted by molar-refractivity contribution is 5.82. The van der Waals surface area contributed by atoms with Crippen molar-refractivity contribution in [2.75, 3.05) is 19.7 Å². The Morgan fingerprint density at radius 1 is 0.778 bits per heavy atom. The number of rotatable bonds is 21. The Kier molecular flexibility index (Phi) is 20.0. The number of unbranched alkanes of at least 4 members (excludes halogenated alkanes) is 12. The second-order valence-electron chi connectivity index (χ2n) is 8.44. The van der Waals surface area contributed by atoms with E-state index in [2.05, 4.69) is 19.2 Å². The molecular weight excluding hydrogens is 338 g/mol. The van der Waals surface area contributed by atoms with Crippen molar-refractivity contribution < 1.29 is 15.0 Å². The summed E-state index contributed by atoms with van der Waals surface area (Å²) >= 11 is 0. The third kappa shape index (κ3) is 20.1. The molecule has 0 bridgehead atoms. The Morgan fingerprint density at radius 3 is 1.67 bits per heavy atom. The van der Waals surface area contributed by atoms with Crippen molar-refractivity contribution in [1.29, 1.82) is 0 Å². The summed E-state index contributed by atoms with van der Waals surface area (Å²) in [5.74, 6) is 0.779. The molecule has 0 amide bonds. The normalized spacial score (nSPS) is 12.6. The van der Waals surface area contributed by atoms with Crippen LogP contribution in [0, 0.1) is 5.92 Å². The molecule has 0 saturated heterocycles. The molecule has 0 aliphatic heterocycles. The molecule has 0 aliphatic carbocycles. The molecule has 1 unspecified atom stereocenters. The fourth-order valence-corrected chi connectivity index (χ4v) is 3.39. The number of carbonyl (C=O) groups is 1. The van der Waals surface area contributed by atoms with Crippen LogP contribution in [0.25, 0.3) is 0 Å². The molecule has 0 aliphatic rings. The molecule has 162 valence electrons. The number of Topliss-reactive ketones (excluding diaryl/α,β-unsaturated/α-hetero) is 1. The van der Waals surface area contributed by atoms with Crippen LogP contribution in [0.15, 0.2) is 0 Å². The summed E-state index contributed by atoms with van der Waals surface area (Å²) in [4.78, 5) is 11.7. The fourth-order valence-electron chi connectivity index (χ4n) is 3.39. The van der Waals surface area contributed by atoms with E-state index in [1.165, 1.54) is 77.0 Å². The molecule has 27 heavy (non-hydrogen) atoms. The van der Waals surface area contributed by atoms with E-state index in [1.54, 1.807) is 0 Å². The first-order valence-electron chi connectivity index (χ1n) is 11.6. The van der Waals surface area contributed by atoms with Crippen molar-refractivity contribution in [2.45, 2.75) is 116 Å². The number of hydrogen-bond donors (Lipinski definition) is 3. The molecular formula is C23H47NO3. The number of aliphatic hydroxyl groups excluding tert-OH is 2. The lowest BCUT2D eigenvalue weighted by Crippen LogP contribution is -2.34. The van der Waals surface area contributed by atoms with Crippen LogP contribution in [-0.4, -0.2) is 41.8 Å². The van der Waals surface area contributed by atoms with Crippen molar-refractivity contribution in [1.82, 2.24) is 5.32 Å². The monoisotopic (exact) mass is 385 g/mol. The van der Waals surface area contributed by atoms with Gasteiger partial charge in [0.15, 0.2) is 5.78 Å². The summed E-state index contributed by atoms with van der Waals surface area (Å²) in [6.45, 7) is 5.31. The minimum absolute atomic E-state index is 0.0271. The van der Waals surface area contributed by atoms with E-state index < -0.39 is 6.10 Å². The number of ketones is 1. The second kappa shape index (κ2) is 20.3. The first-order valence-corrected chi connectivity index (χ1v) is 11.6. The molecule has 1 atom stereocenters. The van der Waals surface area contributed by atoms with Gasteiger partial charge < -0.3 is 15.5 Å². The molecule has 0 heterocycles. The second-order valence-corrected chi connectivity index (χ2v) is 8.44. The lowest BCUT2D eigenvalue weighted by Gasteiger charge is -2.10. The molecule has 0 rings (SSSR count). The van der Waals surface area contributed by atoms with Crippen molar-refractivity contribution >= 4 is 5.78 Å². The average molecular weight is 386 g/mol. The summed E-state index contributed by atoms with van der Waals surface area (Å²) < 4.78 is 0. The fraction of sp³-hybridized carbons (Fsp3) is 0.957. The minimum atomic E-state index is -0.924. The van der Waals surface area contributed by atoms with Gasteiger partial charge in [-0.15, -0.1) is 0 Å². The lowest BCUT2D eigenvalue weighted by atomic mass is 10.0. The Bertz CT molecular complexity index is 321. The van der Waals surface area contributed by atoms with Gasteiger partial charge in [-0.25, -0.2) is 0 Å². The van der Waals surface area contributed by atoms with Crippen molar-refractivity contribution in [3.63, 3.8) is 0 Å². The predicted molar refractivity (Wildman–Crippen MR) is 115 cm³/mol. The summed E-state index contributed by atoms with van der Waals surface area (Å²) in [6.07, 6.45) is 17.8. The smallest absolute Gasteiger partial charge is 0.162 e. The first-order chi connectivity index (χ1) is 13.1. The zero-order valence-corrected chi connectivity index (χ0v) is 18.2. The van der Waals surface area contributed by atoms with Crippen LogP contribution in [-0.2, 0) is 4.79 Å². The van der Waals surface area contributed by atoms with E-state index in [-0.39, 0.29) is 18.9 Å². The van der Waals surface area contributed by atoms with Crippen molar-refractivity contribution in [3.8, 4) is 0 Å². The van der Waals surface area contributed by atoms with Gasteiger partial charge in [-0.2, -0.15) is 0 Å². The third-order valence-corrected chi connectivity index (χ3v) is 5.20. The largest absolute Gasteiger partial charge is 0.395 e. The van der Waals surface area contributed by atoms with Crippen molar-refractivity contribution in [3.05, 3.63) is 0 Å². The quantitative estimate of drug-likeness (QED) is 0.243. The van der Waals surface area contributed by atoms with Crippen LogP contribution in [0.3, 0.4) is 0 Å². The number of carbonyl (C=O) groups excluding carboxylic acids is 1. The minimum Gasteiger partial charge on any atom is -0.395 e. The molecule has 4 nitrogen and oxygen atoms in total. The Morgan fingerprint density at radius 2 is 1.22 bits per heavy atom. The highest BCUT2D eigenvalue weighted by Gasteiger charge is 2.13. The van der Waals surface area contributed by atoms with E-state index in [0.29, 0.717) is 13.0 Å². The van der Waals surface area contributed by atoms with Gasteiger partial charge in [-0.1, -0.05) is 97.3 Å². The van der Waals surface area contributed by atoms with Gasteiger partial charge in [0.2, 0.25) is 0 Å². The number of hydrogen-bond acceptors (Lipinski definition) is 4. The van der Waals surface area contributed by atoms with E-state index >= 15 is 0 Å². The highest BCUT2D eigenvalue weighted by Crippen LogP contribution is 2.14. The van der Waals surface area contributed by atoms with Crippen LogP contribution < -0.4 is 5.32 Å². The van der Waals surface area contributed by atoms with Crippen LogP contribution in [0.4, 0.5) is 0 Å². The lowest BCUT2D eigenvalue weighted by molar-refractivity contribution is -0.127. The van der Waals surface area contributed by atoms with E-state index in [0.717, 1.165) is 18.8 Å². The Balaban J connectivity index is 3.21. The molecule has 3 N–H and O–H groups in total. The third-order valence-electron chi connectivity index (χ3n) is 5.20. The van der Waals surface area contributed by atoms with Crippen LogP contribution in [0.5, 0.6) is 0 Å². The number of aliphatic hydroxyl groups is 2. The van der Waals surface area contributed by atoms with Gasteiger partial charge >= 0.3 is 0 Å². The van der Waals surface area contributed by atoms with E-state index in [9.17, 15) is 9.90 Å². The molecule has 0 aromatic heterocycles. The van der Waals surface area contributed by atoms with E-state index in [4.69, 9.17) is 5.11 Å². The summed E-state index contributed by atoms with van der Waals surface area (Å²) in [6, 6.07) is 0. The molecule has 0 fully saturated rings. The maximum absolute atomic E-state index is 11.7.